The van der Waals surface area contributed by atoms with Crippen LogP contribution in [0.15, 0.2) is 30.5 Å². The second-order valence-electron chi connectivity index (χ2n) is 5.85. The number of nitrogens with zero attached hydrogens (tertiary/aromatic N) is 1. The number of hydrogen-bond acceptors (Lipinski definition) is 4. The average Bonchev–Trinajstić information content (AvgIpc) is 2.49. The van der Waals surface area contributed by atoms with Gasteiger partial charge < -0.3 is 14.8 Å². The number of rotatable bonds is 5. The molecule has 5 heteroatoms. The second kappa shape index (κ2) is 6.32. The molecular formula is C17H22N2O3. The highest BCUT2D eigenvalue weighted by Gasteiger charge is 2.27. The van der Waals surface area contributed by atoms with Crippen LogP contribution in [-0.2, 0) is 9.53 Å². The smallest absolute Gasteiger partial charge is 0.256 e. The Morgan fingerprint density at radius 3 is 2.64 bits per heavy atom. The molecule has 1 aromatic carbocycles. The molecule has 2 rings (SSSR count). The lowest BCUT2D eigenvalue weighted by atomic mass is 10.1. The number of pyridine rings is 1. The average molecular weight is 302 g/mol. The Morgan fingerprint density at radius 2 is 2.00 bits per heavy atom. The normalized spacial score (nSPS) is 11.7. The van der Waals surface area contributed by atoms with E-state index in [2.05, 4.69) is 10.3 Å². The molecule has 0 saturated heterocycles. The van der Waals surface area contributed by atoms with Crippen LogP contribution in [-0.4, -0.2) is 29.7 Å². The van der Waals surface area contributed by atoms with Gasteiger partial charge in [-0.15, -0.1) is 0 Å². The molecule has 0 radical (unpaired) electrons. The molecule has 0 fully saturated rings. The molecule has 0 aliphatic carbocycles. The van der Waals surface area contributed by atoms with Gasteiger partial charge in [-0.05, 0) is 52.0 Å². The molecule has 0 bridgehead atoms. The minimum Gasteiger partial charge on any atom is -0.489 e. The summed E-state index contributed by atoms with van der Waals surface area (Å²) >= 11 is 0. The molecule has 118 valence electrons. The summed E-state index contributed by atoms with van der Waals surface area (Å²) in [7, 11) is 1.51. The predicted octanol–water partition coefficient (Wildman–Crippen LogP) is 3.39. The number of carbonyl (C=O) groups excluding carboxylic acids is 1. The van der Waals surface area contributed by atoms with Crippen LogP contribution in [0, 0.1) is 0 Å². The number of nitrogens with one attached hydrogen (secondary N) is 1. The Kier molecular flexibility index (Phi) is 4.66. The maximum atomic E-state index is 12.3. The van der Waals surface area contributed by atoms with E-state index in [4.69, 9.17) is 9.47 Å². The largest absolute Gasteiger partial charge is 0.489 e. The van der Waals surface area contributed by atoms with Gasteiger partial charge in [0.2, 0.25) is 0 Å². The van der Waals surface area contributed by atoms with Gasteiger partial charge in [-0.25, -0.2) is 0 Å². The summed E-state index contributed by atoms with van der Waals surface area (Å²) in [5, 5.41) is 3.73. The van der Waals surface area contributed by atoms with Gasteiger partial charge in [0.05, 0.1) is 11.8 Å². The predicted molar refractivity (Wildman–Crippen MR) is 87.2 cm³/mol. The van der Waals surface area contributed by atoms with Gasteiger partial charge in [-0.3, -0.25) is 9.78 Å². The zero-order chi connectivity index (χ0) is 16.3. The number of benzene rings is 1. The Labute approximate surface area is 130 Å². The highest BCUT2D eigenvalue weighted by atomic mass is 16.5. The zero-order valence-electron chi connectivity index (χ0n) is 13.6. The number of amides is 1. The molecule has 0 unspecified atom stereocenters. The van der Waals surface area contributed by atoms with Gasteiger partial charge in [0.15, 0.2) is 0 Å². The molecule has 0 saturated carbocycles. The standard InChI is InChI=1S/C17H22N2O3/c1-11(2)22-14-9-8-13(12-7-6-10-18-15(12)14)19-16(20)17(3,4)21-5/h6-11H,1-5H3,(H,19,20). The van der Waals surface area contributed by atoms with Crippen molar-refractivity contribution in [2.75, 3.05) is 12.4 Å². The number of hydrogen-bond donors (Lipinski definition) is 1. The first kappa shape index (κ1) is 16.2. The molecule has 2 aromatic rings. The van der Waals surface area contributed by atoms with Crippen LogP contribution in [0.3, 0.4) is 0 Å². The number of carbonyl (C=O) groups is 1. The first-order valence-electron chi connectivity index (χ1n) is 7.26. The molecule has 1 aromatic heterocycles. The lowest BCUT2D eigenvalue weighted by Gasteiger charge is -2.22. The quantitative estimate of drug-likeness (QED) is 0.919. The first-order chi connectivity index (χ1) is 10.3. The molecule has 1 amide bonds. The third-order valence-electron chi connectivity index (χ3n) is 3.40. The summed E-state index contributed by atoms with van der Waals surface area (Å²) in [5.74, 6) is 0.493. The van der Waals surface area contributed by atoms with Crippen LogP contribution in [0.2, 0.25) is 0 Å². The van der Waals surface area contributed by atoms with E-state index in [1.165, 1.54) is 7.11 Å². The van der Waals surface area contributed by atoms with Crippen molar-refractivity contribution in [3.63, 3.8) is 0 Å². The van der Waals surface area contributed by atoms with Crippen molar-refractivity contribution in [1.29, 1.82) is 0 Å². The fraction of sp³-hybridized carbons (Fsp3) is 0.412. The van der Waals surface area contributed by atoms with Gasteiger partial charge in [0.25, 0.3) is 5.91 Å². The van der Waals surface area contributed by atoms with E-state index in [0.29, 0.717) is 11.4 Å². The van der Waals surface area contributed by atoms with E-state index in [1.807, 2.05) is 38.1 Å². The lowest BCUT2D eigenvalue weighted by Crippen LogP contribution is -2.38. The first-order valence-corrected chi connectivity index (χ1v) is 7.26. The number of methoxy groups -OCH3 is 1. The van der Waals surface area contributed by atoms with Crippen LogP contribution >= 0.6 is 0 Å². The van der Waals surface area contributed by atoms with Crippen molar-refractivity contribution in [2.45, 2.75) is 39.4 Å². The Morgan fingerprint density at radius 1 is 1.27 bits per heavy atom. The fourth-order valence-electron chi connectivity index (χ4n) is 1.97. The topological polar surface area (TPSA) is 60.5 Å². The second-order valence-corrected chi connectivity index (χ2v) is 5.85. The van der Waals surface area contributed by atoms with E-state index >= 15 is 0 Å². The fourth-order valence-corrected chi connectivity index (χ4v) is 1.97. The van der Waals surface area contributed by atoms with Crippen molar-refractivity contribution in [3.05, 3.63) is 30.5 Å². The van der Waals surface area contributed by atoms with Crippen molar-refractivity contribution in [2.24, 2.45) is 0 Å². The van der Waals surface area contributed by atoms with Crippen LogP contribution in [0.1, 0.15) is 27.7 Å². The number of aromatic nitrogens is 1. The van der Waals surface area contributed by atoms with Gasteiger partial charge in [0, 0.05) is 18.7 Å². The molecule has 22 heavy (non-hydrogen) atoms. The monoisotopic (exact) mass is 302 g/mol. The maximum Gasteiger partial charge on any atom is 0.256 e. The van der Waals surface area contributed by atoms with E-state index in [0.717, 1.165) is 10.9 Å². The van der Waals surface area contributed by atoms with Crippen molar-refractivity contribution < 1.29 is 14.3 Å². The van der Waals surface area contributed by atoms with Crippen molar-refractivity contribution in [3.8, 4) is 5.75 Å². The van der Waals surface area contributed by atoms with E-state index in [1.54, 1.807) is 20.0 Å². The van der Waals surface area contributed by atoms with Crippen molar-refractivity contribution >= 4 is 22.5 Å². The minimum absolute atomic E-state index is 0.0538. The Hall–Kier alpha value is -2.14. The zero-order valence-corrected chi connectivity index (χ0v) is 13.6. The molecule has 1 N–H and O–H groups in total. The van der Waals surface area contributed by atoms with Gasteiger partial charge in [-0.1, -0.05) is 0 Å². The maximum absolute atomic E-state index is 12.3. The highest BCUT2D eigenvalue weighted by Crippen LogP contribution is 2.31. The Balaban J connectivity index is 2.42. The van der Waals surface area contributed by atoms with Crippen LogP contribution in [0.4, 0.5) is 5.69 Å². The summed E-state index contributed by atoms with van der Waals surface area (Å²) in [5.41, 5.74) is 0.514. The minimum atomic E-state index is -0.901. The molecule has 5 nitrogen and oxygen atoms in total. The summed E-state index contributed by atoms with van der Waals surface area (Å²) in [6.45, 7) is 7.37. The Bertz CT molecular complexity index is 681. The molecule has 1 heterocycles. The molecular weight excluding hydrogens is 280 g/mol. The number of anilines is 1. The van der Waals surface area contributed by atoms with Crippen LogP contribution in [0.5, 0.6) is 5.75 Å². The van der Waals surface area contributed by atoms with Crippen LogP contribution < -0.4 is 10.1 Å². The third kappa shape index (κ3) is 3.36. The van der Waals surface area contributed by atoms with E-state index in [-0.39, 0.29) is 12.0 Å². The molecule has 0 spiro atoms. The lowest BCUT2D eigenvalue weighted by molar-refractivity contribution is -0.133. The van der Waals surface area contributed by atoms with Gasteiger partial charge in [0.1, 0.15) is 16.9 Å². The molecule has 0 atom stereocenters. The summed E-state index contributed by atoms with van der Waals surface area (Å²) < 4.78 is 11.0. The van der Waals surface area contributed by atoms with Gasteiger partial charge >= 0.3 is 0 Å². The summed E-state index contributed by atoms with van der Waals surface area (Å²) in [6.07, 6.45) is 1.76. The van der Waals surface area contributed by atoms with Crippen molar-refractivity contribution in [1.82, 2.24) is 4.98 Å². The van der Waals surface area contributed by atoms with E-state index < -0.39 is 5.60 Å². The van der Waals surface area contributed by atoms with Gasteiger partial charge in [-0.2, -0.15) is 0 Å². The summed E-state index contributed by atoms with van der Waals surface area (Å²) in [4.78, 5) is 16.7. The SMILES string of the molecule is COC(C)(C)C(=O)Nc1ccc(OC(C)C)c2ncccc12. The third-order valence-corrected chi connectivity index (χ3v) is 3.40. The van der Waals surface area contributed by atoms with Crippen LogP contribution in [0.25, 0.3) is 10.9 Å². The molecule has 0 aliphatic rings. The molecule has 0 aliphatic heterocycles. The number of fused-ring (bicyclic) bond motifs is 1. The van der Waals surface area contributed by atoms with E-state index in [9.17, 15) is 4.79 Å². The summed E-state index contributed by atoms with van der Waals surface area (Å²) in [6, 6.07) is 7.39. The number of ether oxygens (including phenoxy) is 2. The highest BCUT2D eigenvalue weighted by molar-refractivity contribution is 6.05.